The third-order valence-corrected chi connectivity index (χ3v) is 2.30. The third-order valence-electron chi connectivity index (χ3n) is 2.30. The molecular weight excluding hydrogens is 192 g/mol. The van der Waals surface area contributed by atoms with Crippen LogP contribution in [-0.4, -0.2) is 0 Å². The van der Waals surface area contributed by atoms with Crippen molar-refractivity contribution in [3.05, 3.63) is 49.6 Å². The Balaban J connectivity index is 0. The molecule has 0 heterocycles. The number of allylic oxidation sites excluding steroid dienone is 6. The molecule has 0 saturated carbocycles. The SMILES string of the molecule is C=CCC(C=C)CC.CC=CCCC=CC. The maximum Gasteiger partial charge on any atom is -0.0204 e. The van der Waals surface area contributed by atoms with E-state index in [1.165, 1.54) is 19.3 Å². The van der Waals surface area contributed by atoms with E-state index in [4.69, 9.17) is 0 Å². The van der Waals surface area contributed by atoms with Gasteiger partial charge in [0.1, 0.15) is 0 Å². The van der Waals surface area contributed by atoms with Gasteiger partial charge in [-0.05, 0) is 45.4 Å². The molecule has 0 bridgehead atoms. The molecule has 0 amide bonds. The smallest absolute Gasteiger partial charge is 0.0204 e. The molecule has 1 atom stereocenters. The van der Waals surface area contributed by atoms with Gasteiger partial charge in [0, 0.05) is 0 Å². The van der Waals surface area contributed by atoms with E-state index in [2.05, 4.69) is 58.2 Å². The van der Waals surface area contributed by atoms with Gasteiger partial charge in [-0.3, -0.25) is 0 Å². The lowest BCUT2D eigenvalue weighted by Crippen LogP contribution is -1.88. The average Bonchev–Trinajstić information content (AvgIpc) is 2.32. The van der Waals surface area contributed by atoms with E-state index in [1.807, 2.05) is 12.2 Å². The third kappa shape index (κ3) is 15.4. The second kappa shape index (κ2) is 16.4. The number of hydrogen-bond acceptors (Lipinski definition) is 0. The van der Waals surface area contributed by atoms with Crippen LogP contribution in [-0.2, 0) is 0 Å². The van der Waals surface area contributed by atoms with Crippen LogP contribution in [0.4, 0.5) is 0 Å². The number of hydrogen-bond donors (Lipinski definition) is 0. The van der Waals surface area contributed by atoms with Gasteiger partial charge >= 0.3 is 0 Å². The van der Waals surface area contributed by atoms with E-state index >= 15 is 0 Å². The van der Waals surface area contributed by atoms with Crippen LogP contribution in [0.25, 0.3) is 0 Å². The molecular formula is C16H28. The second-order valence-corrected chi connectivity index (χ2v) is 3.64. The highest BCUT2D eigenvalue weighted by atomic mass is 14.0. The predicted octanol–water partition coefficient (Wildman–Crippen LogP) is 5.69. The molecule has 0 fully saturated rings. The van der Waals surface area contributed by atoms with Gasteiger partial charge in [0.05, 0.1) is 0 Å². The largest absolute Gasteiger partial charge is 0.103 e. The first kappa shape index (κ1) is 17.4. The van der Waals surface area contributed by atoms with E-state index in [0.717, 1.165) is 6.42 Å². The molecule has 16 heavy (non-hydrogen) atoms. The first-order valence-corrected chi connectivity index (χ1v) is 6.22. The minimum absolute atomic E-state index is 0.646. The highest BCUT2D eigenvalue weighted by Gasteiger charge is 1.94. The topological polar surface area (TPSA) is 0 Å². The number of unbranched alkanes of at least 4 members (excludes halogenated alkanes) is 1. The van der Waals surface area contributed by atoms with Gasteiger partial charge in [0.25, 0.3) is 0 Å². The molecule has 0 aliphatic carbocycles. The van der Waals surface area contributed by atoms with Crippen molar-refractivity contribution in [3.63, 3.8) is 0 Å². The van der Waals surface area contributed by atoms with Gasteiger partial charge in [-0.25, -0.2) is 0 Å². The minimum Gasteiger partial charge on any atom is -0.103 e. The van der Waals surface area contributed by atoms with Gasteiger partial charge in [-0.15, -0.1) is 13.2 Å². The maximum absolute atomic E-state index is 3.70. The lowest BCUT2D eigenvalue weighted by Gasteiger charge is -2.02. The molecule has 0 nitrogen and oxygen atoms in total. The predicted molar refractivity (Wildman–Crippen MR) is 77.7 cm³/mol. The van der Waals surface area contributed by atoms with Crippen molar-refractivity contribution in [1.29, 1.82) is 0 Å². The second-order valence-electron chi connectivity index (χ2n) is 3.64. The summed E-state index contributed by atoms with van der Waals surface area (Å²) in [5, 5.41) is 0. The van der Waals surface area contributed by atoms with Crippen LogP contribution >= 0.6 is 0 Å². The highest BCUT2D eigenvalue weighted by molar-refractivity contribution is 4.84. The Bertz CT molecular complexity index is 184. The lowest BCUT2D eigenvalue weighted by atomic mass is 10.0. The maximum atomic E-state index is 3.70. The monoisotopic (exact) mass is 220 g/mol. The fourth-order valence-electron chi connectivity index (χ4n) is 1.17. The summed E-state index contributed by atoms with van der Waals surface area (Å²) < 4.78 is 0. The van der Waals surface area contributed by atoms with Crippen molar-refractivity contribution in [1.82, 2.24) is 0 Å². The van der Waals surface area contributed by atoms with E-state index < -0.39 is 0 Å². The number of rotatable bonds is 7. The Morgan fingerprint density at radius 1 is 1.00 bits per heavy atom. The molecule has 0 saturated heterocycles. The van der Waals surface area contributed by atoms with E-state index in [0.29, 0.717) is 5.92 Å². The summed E-state index contributed by atoms with van der Waals surface area (Å²) in [4.78, 5) is 0. The highest BCUT2D eigenvalue weighted by Crippen LogP contribution is 2.07. The summed E-state index contributed by atoms with van der Waals surface area (Å²) in [5.41, 5.74) is 0. The molecule has 0 rings (SSSR count). The average molecular weight is 220 g/mol. The van der Waals surface area contributed by atoms with Gasteiger partial charge in [-0.1, -0.05) is 43.4 Å². The Labute approximate surface area is 102 Å². The summed E-state index contributed by atoms with van der Waals surface area (Å²) in [6.07, 6.45) is 17.1. The van der Waals surface area contributed by atoms with Crippen LogP contribution in [0.15, 0.2) is 49.6 Å². The Kier molecular flexibility index (Phi) is 17.8. The van der Waals surface area contributed by atoms with Crippen molar-refractivity contribution >= 4 is 0 Å². The van der Waals surface area contributed by atoms with E-state index in [9.17, 15) is 0 Å². The molecule has 0 aliphatic heterocycles. The summed E-state index contributed by atoms with van der Waals surface area (Å²) in [6, 6.07) is 0. The normalized spacial score (nSPS) is 12.2. The summed E-state index contributed by atoms with van der Waals surface area (Å²) >= 11 is 0. The molecule has 92 valence electrons. The fraction of sp³-hybridized carbons (Fsp3) is 0.500. The van der Waals surface area contributed by atoms with Crippen molar-refractivity contribution in [3.8, 4) is 0 Å². The van der Waals surface area contributed by atoms with Crippen molar-refractivity contribution in [2.75, 3.05) is 0 Å². The van der Waals surface area contributed by atoms with Crippen LogP contribution in [0.2, 0.25) is 0 Å². The molecule has 0 N–H and O–H groups in total. The molecule has 0 aromatic carbocycles. The first-order valence-electron chi connectivity index (χ1n) is 6.22. The van der Waals surface area contributed by atoms with Crippen molar-refractivity contribution < 1.29 is 0 Å². The van der Waals surface area contributed by atoms with Gasteiger partial charge < -0.3 is 0 Å². The Morgan fingerprint density at radius 3 is 1.69 bits per heavy atom. The molecule has 0 spiro atoms. The van der Waals surface area contributed by atoms with E-state index in [1.54, 1.807) is 0 Å². The first-order chi connectivity index (χ1) is 7.76. The zero-order valence-corrected chi connectivity index (χ0v) is 11.3. The Hall–Kier alpha value is -1.04. The Morgan fingerprint density at radius 2 is 1.50 bits per heavy atom. The molecule has 0 heteroatoms. The molecule has 0 aromatic heterocycles. The lowest BCUT2D eigenvalue weighted by molar-refractivity contribution is 0.640. The van der Waals surface area contributed by atoms with Crippen LogP contribution in [0, 0.1) is 5.92 Å². The zero-order valence-electron chi connectivity index (χ0n) is 11.3. The van der Waals surface area contributed by atoms with Gasteiger partial charge in [0.15, 0.2) is 0 Å². The minimum atomic E-state index is 0.646. The summed E-state index contributed by atoms with van der Waals surface area (Å²) in [5.74, 6) is 0.646. The van der Waals surface area contributed by atoms with Crippen LogP contribution < -0.4 is 0 Å². The van der Waals surface area contributed by atoms with Gasteiger partial charge in [-0.2, -0.15) is 0 Å². The summed E-state index contributed by atoms with van der Waals surface area (Å²) in [6.45, 7) is 13.6. The van der Waals surface area contributed by atoms with Crippen molar-refractivity contribution in [2.45, 2.75) is 46.5 Å². The van der Waals surface area contributed by atoms with E-state index in [-0.39, 0.29) is 0 Å². The van der Waals surface area contributed by atoms with Crippen LogP contribution in [0.3, 0.4) is 0 Å². The molecule has 1 unspecified atom stereocenters. The van der Waals surface area contributed by atoms with Gasteiger partial charge in [0.2, 0.25) is 0 Å². The quantitative estimate of drug-likeness (QED) is 0.382. The standard InChI is InChI=1S/2C8H14/c1-4-7-8(5-2)6-3;1-3-5-7-8-6-4-2/h4-5,8H,1-2,6-7H2,3H3;3-6H,7-8H2,1-2H3. The summed E-state index contributed by atoms with van der Waals surface area (Å²) in [7, 11) is 0. The molecule has 0 aromatic rings. The van der Waals surface area contributed by atoms with Crippen molar-refractivity contribution in [2.24, 2.45) is 5.92 Å². The van der Waals surface area contributed by atoms with Crippen LogP contribution in [0.1, 0.15) is 46.5 Å². The van der Waals surface area contributed by atoms with Crippen LogP contribution in [0.5, 0.6) is 0 Å². The zero-order chi connectivity index (χ0) is 12.6. The molecule has 0 radical (unpaired) electrons. The molecule has 0 aliphatic rings. The fourth-order valence-corrected chi connectivity index (χ4v) is 1.17.